The number of carbonyl (C=O) groups is 2. The van der Waals surface area contributed by atoms with Crippen molar-refractivity contribution in [3.05, 3.63) is 30.3 Å². The van der Waals surface area contributed by atoms with Crippen molar-refractivity contribution < 1.29 is 14.7 Å². The van der Waals surface area contributed by atoms with Crippen molar-refractivity contribution in [3.8, 4) is 0 Å². The summed E-state index contributed by atoms with van der Waals surface area (Å²) >= 11 is 1.60. The van der Waals surface area contributed by atoms with Crippen LogP contribution in [0.5, 0.6) is 0 Å². The molecule has 23 heavy (non-hydrogen) atoms. The van der Waals surface area contributed by atoms with E-state index in [4.69, 9.17) is 5.73 Å². The number of nitrogens with two attached hydrogens (primary N) is 1. The second kappa shape index (κ2) is 5.14. The van der Waals surface area contributed by atoms with Gasteiger partial charge in [-0.3, -0.25) is 4.79 Å². The fourth-order valence-electron chi connectivity index (χ4n) is 3.99. The molecule has 3 N–H and O–H groups in total. The van der Waals surface area contributed by atoms with Crippen LogP contribution in [-0.2, 0) is 9.59 Å². The summed E-state index contributed by atoms with van der Waals surface area (Å²) in [6, 6.07) is 8.85. The maximum Gasteiger partial charge on any atom is 0.327 e. The van der Waals surface area contributed by atoms with Crippen molar-refractivity contribution in [2.45, 2.75) is 35.0 Å². The molecule has 2 unspecified atom stereocenters. The van der Waals surface area contributed by atoms with Gasteiger partial charge in [0.2, 0.25) is 5.91 Å². The molecule has 3 saturated heterocycles. The van der Waals surface area contributed by atoms with Crippen molar-refractivity contribution >= 4 is 29.3 Å². The Kier molecular flexibility index (Phi) is 3.32. The molecule has 0 bridgehead atoms. The van der Waals surface area contributed by atoms with Crippen LogP contribution in [0.1, 0.15) is 12.8 Å². The molecule has 122 valence electrons. The van der Waals surface area contributed by atoms with Crippen LogP contribution < -0.4 is 10.6 Å². The SMILES string of the molecule is NC1C(=O)N2C(C(=O)O)C3(CCN(c4ccccc4)CC3)S[C@@H]12. The molecule has 3 heterocycles. The molecule has 0 radical (unpaired) electrons. The Hall–Kier alpha value is -1.73. The van der Waals surface area contributed by atoms with Crippen molar-refractivity contribution in [2.24, 2.45) is 5.73 Å². The highest BCUT2D eigenvalue weighted by Crippen LogP contribution is 2.55. The third-order valence-corrected chi connectivity index (χ3v) is 7.08. The fourth-order valence-corrected chi connectivity index (χ4v) is 5.84. The summed E-state index contributed by atoms with van der Waals surface area (Å²) < 4.78 is -0.411. The average Bonchev–Trinajstić information content (AvgIpc) is 2.88. The lowest BCUT2D eigenvalue weighted by atomic mass is 9.85. The van der Waals surface area contributed by atoms with E-state index in [0.29, 0.717) is 0 Å². The standard InChI is InChI=1S/C16H19N3O3S/c17-11-13(20)19-12(15(21)22)16(23-14(11)19)6-8-18(9-7-16)10-4-2-1-3-5-10/h1-5,11-12,14H,6-9,17H2,(H,21,22)/t11?,12?,14-/m0/s1. The molecule has 7 heteroatoms. The molecule has 3 fully saturated rings. The summed E-state index contributed by atoms with van der Waals surface area (Å²) in [6.07, 6.45) is 1.49. The van der Waals surface area contributed by atoms with Crippen LogP contribution in [-0.4, -0.2) is 57.2 Å². The van der Waals surface area contributed by atoms with Crippen LogP contribution in [0, 0.1) is 0 Å². The number of rotatable bonds is 2. The Morgan fingerprint density at radius 1 is 1.26 bits per heavy atom. The van der Waals surface area contributed by atoms with E-state index >= 15 is 0 Å². The smallest absolute Gasteiger partial charge is 0.327 e. The molecule has 3 aliphatic rings. The van der Waals surface area contributed by atoms with Crippen LogP contribution >= 0.6 is 11.8 Å². The highest BCUT2D eigenvalue weighted by atomic mass is 32.2. The van der Waals surface area contributed by atoms with Gasteiger partial charge in [-0.15, -0.1) is 11.8 Å². The predicted octanol–water partition coefficient (Wildman–Crippen LogP) is 0.721. The Balaban J connectivity index is 1.56. The third kappa shape index (κ3) is 2.06. The number of fused-ring (bicyclic) bond motifs is 1. The zero-order chi connectivity index (χ0) is 16.2. The fraction of sp³-hybridized carbons (Fsp3) is 0.500. The lowest BCUT2D eigenvalue weighted by Crippen LogP contribution is -2.69. The van der Waals surface area contributed by atoms with Gasteiger partial charge in [-0.2, -0.15) is 0 Å². The molecule has 3 atom stereocenters. The maximum atomic E-state index is 12.0. The first-order valence-corrected chi connectivity index (χ1v) is 8.70. The third-order valence-electron chi connectivity index (χ3n) is 5.22. The zero-order valence-corrected chi connectivity index (χ0v) is 13.4. The summed E-state index contributed by atoms with van der Waals surface area (Å²) in [7, 11) is 0. The minimum Gasteiger partial charge on any atom is -0.480 e. The first-order chi connectivity index (χ1) is 11.0. The molecule has 1 aromatic carbocycles. The number of piperidine rings is 1. The number of para-hydroxylation sites is 1. The number of carbonyl (C=O) groups excluding carboxylic acids is 1. The van der Waals surface area contributed by atoms with E-state index < -0.39 is 22.8 Å². The van der Waals surface area contributed by atoms with Gasteiger partial charge in [0, 0.05) is 18.8 Å². The van der Waals surface area contributed by atoms with Crippen LogP contribution in [0.4, 0.5) is 5.69 Å². The molecule has 1 aromatic rings. The number of carboxylic acid groups (broad SMARTS) is 1. The van der Waals surface area contributed by atoms with Crippen LogP contribution in [0.2, 0.25) is 0 Å². The Morgan fingerprint density at radius 3 is 2.52 bits per heavy atom. The number of thioether (sulfide) groups is 1. The maximum absolute atomic E-state index is 12.0. The highest BCUT2D eigenvalue weighted by Gasteiger charge is 2.66. The molecular formula is C16H19N3O3S. The van der Waals surface area contributed by atoms with E-state index in [1.54, 1.807) is 11.8 Å². The summed E-state index contributed by atoms with van der Waals surface area (Å²) in [5, 5.41) is 9.50. The van der Waals surface area contributed by atoms with Gasteiger partial charge in [0.1, 0.15) is 17.5 Å². The molecular weight excluding hydrogens is 314 g/mol. The van der Waals surface area contributed by atoms with E-state index in [1.165, 1.54) is 4.90 Å². The number of benzene rings is 1. The van der Waals surface area contributed by atoms with Crippen LogP contribution in [0.25, 0.3) is 0 Å². The van der Waals surface area contributed by atoms with E-state index in [2.05, 4.69) is 17.0 Å². The average molecular weight is 333 g/mol. The number of carboxylic acids is 1. The van der Waals surface area contributed by atoms with E-state index in [-0.39, 0.29) is 11.3 Å². The molecule has 4 rings (SSSR count). The minimum absolute atomic E-state index is 0.174. The second-order valence-electron chi connectivity index (χ2n) is 6.41. The van der Waals surface area contributed by atoms with Gasteiger partial charge in [0.25, 0.3) is 0 Å². The minimum atomic E-state index is -0.909. The lowest BCUT2D eigenvalue weighted by Gasteiger charge is -2.43. The zero-order valence-electron chi connectivity index (χ0n) is 12.6. The number of hydrogen-bond acceptors (Lipinski definition) is 5. The highest BCUT2D eigenvalue weighted by molar-refractivity contribution is 8.01. The Labute approximate surface area is 138 Å². The summed E-state index contributed by atoms with van der Waals surface area (Å²) in [4.78, 5) is 27.6. The Bertz CT molecular complexity index is 645. The molecule has 0 aromatic heterocycles. The van der Waals surface area contributed by atoms with Crippen LogP contribution in [0.3, 0.4) is 0 Å². The van der Waals surface area contributed by atoms with Gasteiger partial charge in [-0.1, -0.05) is 18.2 Å². The topological polar surface area (TPSA) is 86.9 Å². The first kappa shape index (κ1) is 14.8. The first-order valence-electron chi connectivity index (χ1n) is 7.82. The number of anilines is 1. The molecule has 1 amide bonds. The van der Waals surface area contributed by atoms with E-state index in [1.807, 2.05) is 18.2 Å². The van der Waals surface area contributed by atoms with Gasteiger partial charge in [-0.25, -0.2) is 4.79 Å². The van der Waals surface area contributed by atoms with Gasteiger partial charge < -0.3 is 20.6 Å². The quantitative estimate of drug-likeness (QED) is 0.776. The number of nitrogens with zero attached hydrogens (tertiary/aromatic N) is 2. The summed E-state index contributed by atoms with van der Waals surface area (Å²) in [5.74, 6) is -1.13. The molecule has 0 saturated carbocycles. The number of hydrogen-bond donors (Lipinski definition) is 2. The van der Waals surface area contributed by atoms with Crippen LogP contribution in [0.15, 0.2) is 30.3 Å². The molecule has 6 nitrogen and oxygen atoms in total. The summed E-state index contributed by atoms with van der Waals surface area (Å²) in [6.45, 7) is 1.59. The van der Waals surface area contributed by atoms with Crippen molar-refractivity contribution in [1.82, 2.24) is 4.90 Å². The summed E-state index contributed by atoms with van der Waals surface area (Å²) in [5.41, 5.74) is 7.02. The number of amides is 1. The molecule has 0 aliphatic carbocycles. The number of aliphatic carboxylic acids is 1. The van der Waals surface area contributed by atoms with Crippen molar-refractivity contribution in [3.63, 3.8) is 0 Å². The van der Waals surface area contributed by atoms with Gasteiger partial charge in [0.05, 0.1) is 4.75 Å². The lowest BCUT2D eigenvalue weighted by molar-refractivity contribution is -0.159. The molecule has 1 spiro atoms. The van der Waals surface area contributed by atoms with Gasteiger partial charge >= 0.3 is 5.97 Å². The van der Waals surface area contributed by atoms with E-state index in [9.17, 15) is 14.7 Å². The van der Waals surface area contributed by atoms with Gasteiger partial charge in [0.15, 0.2) is 0 Å². The monoisotopic (exact) mass is 333 g/mol. The predicted molar refractivity (Wildman–Crippen MR) is 88.2 cm³/mol. The normalized spacial score (nSPS) is 31.9. The Morgan fingerprint density at radius 2 is 1.91 bits per heavy atom. The van der Waals surface area contributed by atoms with Gasteiger partial charge in [-0.05, 0) is 25.0 Å². The van der Waals surface area contributed by atoms with Crippen molar-refractivity contribution in [2.75, 3.05) is 18.0 Å². The van der Waals surface area contributed by atoms with Crippen molar-refractivity contribution in [1.29, 1.82) is 0 Å². The second-order valence-corrected chi connectivity index (χ2v) is 7.94. The van der Waals surface area contributed by atoms with E-state index in [0.717, 1.165) is 31.6 Å². The largest absolute Gasteiger partial charge is 0.480 e. The number of β-lactam (4-membered cyclic amide) rings is 1. The molecule has 3 aliphatic heterocycles.